The summed E-state index contributed by atoms with van der Waals surface area (Å²) in [6.45, 7) is 1.70. The zero-order valence-corrected chi connectivity index (χ0v) is 14.1. The van der Waals surface area contributed by atoms with Crippen molar-refractivity contribution in [3.63, 3.8) is 0 Å². The van der Waals surface area contributed by atoms with Crippen LogP contribution in [-0.4, -0.2) is 25.0 Å². The largest absolute Gasteiger partial charge is 0.469 e. The lowest BCUT2D eigenvalue weighted by atomic mass is 9.85. The molecule has 0 N–H and O–H groups in total. The van der Waals surface area contributed by atoms with Gasteiger partial charge in [-0.3, -0.25) is 9.59 Å². The highest BCUT2D eigenvalue weighted by atomic mass is 19.2. The van der Waals surface area contributed by atoms with E-state index in [1.165, 1.54) is 12.0 Å². The predicted octanol–water partition coefficient (Wildman–Crippen LogP) is 3.80. The lowest BCUT2D eigenvalue weighted by Crippen LogP contribution is -2.45. The smallest absolute Gasteiger partial charge is 0.313 e. The van der Waals surface area contributed by atoms with E-state index in [0.29, 0.717) is 17.3 Å². The van der Waals surface area contributed by atoms with E-state index in [9.17, 15) is 22.8 Å². The Kier molecular flexibility index (Phi) is 4.71. The van der Waals surface area contributed by atoms with Gasteiger partial charge < -0.3 is 9.64 Å². The Morgan fingerprint density at radius 1 is 1.08 bits per heavy atom. The second kappa shape index (κ2) is 6.82. The number of esters is 1. The van der Waals surface area contributed by atoms with Crippen molar-refractivity contribution in [3.05, 3.63) is 65.0 Å². The third kappa shape index (κ3) is 2.83. The number of benzene rings is 2. The van der Waals surface area contributed by atoms with E-state index in [-0.39, 0.29) is 6.42 Å². The van der Waals surface area contributed by atoms with Crippen LogP contribution >= 0.6 is 0 Å². The summed E-state index contributed by atoms with van der Waals surface area (Å²) in [4.78, 5) is 26.3. The highest BCUT2D eigenvalue weighted by Crippen LogP contribution is 2.40. The Hall–Kier alpha value is -2.83. The first-order valence-electron chi connectivity index (χ1n) is 8.00. The van der Waals surface area contributed by atoms with Gasteiger partial charge in [0.15, 0.2) is 17.5 Å². The molecule has 0 aromatic heterocycles. The maximum Gasteiger partial charge on any atom is 0.313 e. The molecule has 1 amide bonds. The van der Waals surface area contributed by atoms with Gasteiger partial charge >= 0.3 is 5.97 Å². The highest BCUT2D eigenvalue weighted by molar-refractivity contribution is 6.08. The molecule has 4 nitrogen and oxygen atoms in total. The Morgan fingerprint density at radius 2 is 1.77 bits per heavy atom. The number of anilines is 1. The number of hydrogen-bond acceptors (Lipinski definition) is 3. The van der Waals surface area contributed by atoms with Gasteiger partial charge in [0, 0.05) is 11.7 Å². The number of nitrogens with zero attached hydrogens (tertiary/aromatic N) is 1. The van der Waals surface area contributed by atoms with Crippen LogP contribution < -0.4 is 4.90 Å². The fourth-order valence-corrected chi connectivity index (χ4v) is 3.31. The van der Waals surface area contributed by atoms with Crippen LogP contribution in [0.2, 0.25) is 0 Å². The molecule has 1 aliphatic heterocycles. The average Bonchev–Trinajstić information content (AvgIpc) is 2.64. The van der Waals surface area contributed by atoms with Crippen LogP contribution in [0.15, 0.2) is 36.4 Å². The van der Waals surface area contributed by atoms with Gasteiger partial charge in [0.1, 0.15) is 0 Å². The summed E-state index contributed by atoms with van der Waals surface area (Å²) in [6, 6.07) is 7.84. The normalized spacial score (nSPS) is 19.0. The molecule has 3 rings (SSSR count). The lowest BCUT2D eigenvalue weighted by molar-refractivity contribution is -0.142. The molecule has 0 saturated carbocycles. The molecule has 2 aromatic rings. The summed E-state index contributed by atoms with van der Waals surface area (Å²) in [5.74, 6) is -6.39. The minimum Gasteiger partial charge on any atom is -0.469 e. The molecule has 0 saturated heterocycles. The Bertz CT molecular complexity index is 884. The van der Waals surface area contributed by atoms with Crippen LogP contribution in [0.25, 0.3) is 0 Å². The van der Waals surface area contributed by atoms with Gasteiger partial charge in [-0.25, -0.2) is 13.2 Å². The van der Waals surface area contributed by atoms with Crippen molar-refractivity contribution in [2.24, 2.45) is 0 Å². The first-order chi connectivity index (χ1) is 12.4. The molecule has 0 aliphatic carbocycles. The van der Waals surface area contributed by atoms with Crippen LogP contribution in [-0.2, 0) is 9.53 Å². The van der Waals surface area contributed by atoms with Crippen LogP contribution in [0, 0.1) is 17.5 Å². The average molecular weight is 363 g/mol. The zero-order valence-electron chi connectivity index (χ0n) is 14.1. The molecule has 0 radical (unpaired) electrons. The molecule has 0 spiro atoms. The van der Waals surface area contributed by atoms with E-state index >= 15 is 0 Å². The van der Waals surface area contributed by atoms with E-state index in [2.05, 4.69) is 0 Å². The van der Waals surface area contributed by atoms with E-state index in [1.54, 1.807) is 31.2 Å². The number of carbonyl (C=O) groups is 2. The fraction of sp³-hybridized carbons (Fsp3) is 0.263. The van der Waals surface area contributed by atoms with Crippen molar-refractivity contribution < 1.29 is 27.5 Å². The van der Waals surface area contributed by atoms with E-state index in [4.69, 9.17) is 4.74 Å². The molecule has 1 heterocycles. The monoisotopic (exact) mass is 363 g/mol. The van der Waals surface area contributed by atoms with Gasteiger partial charge in [-0.2, -0.15) is 0 Å². The van der Waals surface area contributed by atoms with Crippen molar-refractivity contribution in [2.45, 2.75) is 25.3 Å². The summed E-state index contributed by atoms with van der Waals surface area (Å²) in [6.07, 6.45) is 0.265. The molecular weight excluding hydrogens is 347 g/mol. The standard InChI is InChI=1S/C19H16F3NO3/c1-10-9-13(19(25)26-2)11-5-3-4-6-15(11)23(10)18(24)12-7-8-14(20)17(22)16(12)21/h3-8,10,13H,9H2,1-2H3. The number of carbonyl (C=O) groups excluding carboxylic acids is 2. The molecule has 0 fully saturated rings. The molecule has 7 heteroatoms. The van der Waals surface area contributed by atoms with Crippen LogP contribution in [0.5, 0.6) is 0 Å². The van der Waals surface area contributed by atoms with Crippen molar-refractivity contribution in [2.75, 3.05) is 12.0 Å². The quantitative estimate of drug-likeness (QED) is 0.602. The zero-order chi connectivity index (χ0) is 19.0. The minimum absolute atomic E-state index is 0.265. The van der Waals surface area contributed by atoms with Gasteiger partial charge in [-0.1, -0.05) is 18.2 Å². The topological polar surface area (TPSA) is 46.6 Å². The summed E-state index contributed by atoms with van der Waals surface area (Å²) < 4.78 is 45.6. The van der Waals surface area contributed by atoms with Crippen LogP contribution in [0.4, 0.5) is 18.9 Å². The number of halogens is 3. The number of fused-ring (bicyclic) bond motifs is 1. The maximum atomic E-state index is 14.1. The van der Waals surface area contributed by atoms with Gasteiger partial charge in [0.2, 0.25) is 0 Å². The number of para-hydroxylation sites is 1. The lowest BCUT2D eigenvalue weighted by Gasteiger charge is -2.38. The van der Waals surface area contributed by atoms with E-state index in [0.717, 1.165) is 6.07 Å². The molecule has 1 aliphatic rings. The number of rotatable bonds is 2. The molecular formula is C19H16F3NO3. The Labute approximate surface area is 148 Å². The summed E-state index contributed by atoms with van der Waals surface area (Å²) >= 11 is 0. The second-order valence-electron chi connectivity index (χ2n) is 6.12. The molecule has 2 unspecified atom stereocenters. The Balaban J connectivity index is 2.09. The SMILES string of the molecule is COC(=O)C1CC(C)N(C(=O)c2ccc(F)c(F)c2F)c2ccccc21. The van der Waals surface area contributed by atoms with E-state index < -0.39 is 46.9 Å². The summed E-state index contributed by atoms with van der Waals surface area (Å²) in [5.41, 5.74) is 0.409. The highest BCUT2D eigenvalue weighted by Gasteiger charge is 2.38. The fourth-order valence-electron chi connectivity index (χ4n) is 3.31. The maximum absolute atomic E-state index is 14.1. The van der Waals surface area contributed by atoms with Crippen molar-refractivity contribution in [1.82, 2.24) is 0 Å². The minimum atomic E-state index is -1.69. The van der Waals surface area contributed by atoms with Crippen molar-refractivity contribution >= 4 is 17.6 Å². The van der Waals surface area contributed by atoms with Gasteiger partial charge in [-0.05, 0) is 37.1 Å². The molecule has 0 bridgehead atoms. The molecule has 2 atom stereocenters. The van der Waals surface area contributed by atoms with Crippen molar-refractivity contribution in [3.8, 4) is 0 Å². The summed E-state index contributed by atoms with van der Waals surface area (Å²) in [7, 11) is 1.28. The van der Waals surface area contributed by atoms with Gasteiger partial charge in [-0.15, -0.1) is 0 Å². The van der Waals surface area contributed by atoms with Crippen LogP contribution in [0.1, 0.15) is 35.2 Å². The number of ether oxygens (including phenoxy) is 1. The third-order valence-corrected chi connectivity index (χ3v) is 4.56. The first-order valence-corrected chi connectivity index (χ1v) is 8.00. The Morgan fingerprint density at radius 3 is 2.46 bits per heavy atom. The number of amides is 1. The van der Waals surface area contributed by atoms with Gasteiger partial charge in [0.25, 0.3) is 5.91 Å². The van der Waals surface area contributed by atoms with Crippen LogP contribution in [0.3, 0.4) is 0 Å². The van der Waals surface area contributed by atoms with Crippen molar-refractivity contribution in [1.29, 1.82) is 0 Å². The third-order valence-electron chi connectivity index (χ3n) is 4.56. The molecule has 26 heavy (non-hydrogen) atoms. The first kappa shape index (κ1) is 18.0. The van der Waals surface area contributed by atoms with Gasteiger partial charge in [0.05, 0.1) is 18.6 Å². The molecule has 2 aromatic carbocycles. The predicted molar refractivity (Wildman–Crippen MR) is 88.4 cm³/mol. The summed E-state index contributed by atoms with van der Waals surface area (Å²) in [5, 5.41) is 0. The number of methoxy groups -OCH3 is 1. The second-order valence-corrected chi connectivity index (χ2v) is 6.12. The molecule has 136 valence electrons. The number of hydrogen-bond donors (Lipinski definition) is 0. The van der Waals surface area contributed by atoms with E-state index in [1.807, 2.05) is 0 Å².